The summed E-state index contributed by atoms with van der Waals surface area (Å²) in [5.74, 6) is 2.48. The fraction of sp³-hybridized carbons (Fsp3) is 0.222. The molecule has 22 heavy (non-hydrogen) atoms. The highest BCUT2D eigenvalue weighted by molar-refractivity contribution is 5.96. The second kappa shape index (κ2) is 6.88. The number of amides is 1. The first kappa shape index (κ1) is 15.7. The first-order valence-electron chi connectivity index (χ1n) is 7.06. The molecule has 0 unspecified atom stereocenters. The molecule has 1 fully saturated rings. The molecule has 112 valence electrons. The summed E-state index contributed by atoms with van der Waals surface area (Å²) in [7, 11) is 0. The molecule has 3 rings (SSSR count). The number of aromatic nitrogens is 1. The fourth-order valence-corrected chi connectivity index (χ4v) is 2.13. The quantitative estimate of drug-likeness (QED) is 0.822. The van der Waals surface area contributed by atoms with Crippen molar-refractivity contribution in [3.05, 3.63) is 60.4 Å². The van der Waals surface area contributed by atoms with Crippen LogP contribution in [0.3, 0.4) is 0 Å². The smallest absolute Gasteiger partial charge is 0.243 e. The van der Waals surface area contributed by atoms with Gasteiger partial charge in [0.25, 0.3) is 0 Å². The highest BCUT2D eigenvalue weighted by Gasteiger charge is 2.36. The van der Waals surface area contributed by atoms with Gasteiger partial charge in [-0.05, 0) is 31.9 Å². The Labute approximate surface area is 131 Å². The first-order chi connectivity index (χ1) is 10.5. The minimum Gasteiger partial charge on any atom is -0.273 e. The van der Waals surface area contributed by atoms with E-state index in [1.54, 1.807) is 18.3 Å². The molecule has 4 heteroatoms. The second-order valence-electron chi connectivity index (χ2n) is 5.57. The molecule has 0 radical (unpaired) electrons. The number of nitrogens with one attached hydrogen (secondary N) is 1. The molecular weight excluding hydrogens is 274 g/mol. The summed E-state index contributed by atoms with van der Waals surface area (Å²) < 4.78 is 0. The van der Waals surface area contributed by atoms with Gasteiger partial charge in [0, 0.05) is 18.2 Å². The maximum Gasteiger partial charge on any atom is 0.243 e. The van der Waals surface area contributed by atoms with E-state index < -0.39 is 0 Å². The Hall–Kier alpha value is -2.64. The molecular formula is C18H19N3O. The second-order valence-corrected chi connectivity index (χ2v) is 5.57. The number of anilines is 1. The number of hydrogen-bond donors (Lipinski definition) is 1. The molecule has 0 saturated carbocycles. The van der Waals surface area contributed by atoms with Gasteiger partial charge in [-0.1, -0.05) is 36.4 Å². The van der Waals surface area contributed by atoms with Crippen LogP contribution in [0.2, 0.25) is 0 Å². The summed E-state index contributed by atoms with van der Waals surface area (Å²) in [6.07, 6.45) is 7.42. The van der Waals surface area contributed by atoms with Gasteiger partial charge < -0.3 is 0 Å². The van der Waals surface area contributed by atoms with E-state index in [0.717, 1.165) is 0 Å². The van der Waals surface area contributed by atoms with E-state index in [1.807, 2.05) is 50.2 Å². The molecule has 0 atom stereocenters. The molecule has 2 aromatic rings. The Morgan fingerprint density at radius 2 is 1.77 bits per heavy atom. The highest BCUT2D eigenvalue weighted by Crippen LogP contribution is 2.25. The van der Waals surface area contributed by atoms with E-state index in [-0.39, 0.29) is 11.4 Å². The van der Waals surface area contributed by atoms with Crippen molar-refractivity contribution in [2.24, 2.45) is 0 Å². The van der Waals surface area contributed by atoms with Gasteiger partial charge in [-0.3, -0.25) is 4.79 Å². The third-order valence-electron chi connectivity index (χ3n) is 3.09. The Bertz CT molecular complexity index is 648. The zero-order valence-electron chi connectivity index (χ0n) is 12.8. The molecule has 1 aliphatic heterocycles. The third kappa shape index (κ3) is 3.94. The number of hydrazine groups is 1. The van der Waals surface area contributed by atoms with Crippen molar-refractivity contribution in [1.82, 2.24) is 10.4 Å². The molecule has 1 amide bonds. The maximum atomic E-state index is 11.8. The van der Waals surface area contributed by atoms with E-state index in [0.29, 0.717) is 17.8 Å². The maximum absolute atomic E-state index is 11.8. The lowest BCUT2D eigenvalue weighted by Gasteiger charge is -2.22. The largest absolute Gasteiger partial charge is 0.273 e. The van der Waals surface area contributed by atoms with Gasteiger partial charge in [-0.15, -0.1) is 6.42 Å². The lowest BCUT2D eigenvalue weighted by molar-refractivity contribution is -0.117. The minimum absolute atomic E-state index is 0.00880. The van der Waals surface area contributed by atoms with Gasteiger partial charge in [-0.25, -0.2) is 15.4 Å². The number of hydrogen-bond acceptors (Lipinski definition) is 3. The average molecular weight is 293 g/mol. The average Bonchev–Trinajstić information content (AvgIpc) is 2.82. The summed E-state index contributed by atoms with van der Waals surface area (Å²) in [4.78, 5) is 15.9. The Morgan fingerprint density at radius 1 is 1.18 bits per heavy atom. The van der Waals surface area contributed by atoms with Gasteiger partial charge in [0.05, 0.1) is 5.69 Å². The molecule has 1 aliphatic rings. The van der Waals surface area contributed by atoms with E-state index in [1.165, 1.54) is 5.01 Å². The summed E-state index contributed by atoms with van der Waals surface area (Å²) in [6.45, 7) is 3.94. The molecule has 4 nitrogen and oxygen atoms in total. The standard InChI is InChI=1S/C12H13N3O.C6H6/c1-4-9-10(6-5-7-13-9)15-11(16)8-12(2,3)14-15;1-2-4-6-5-3-1/h1,5-7,14H,8H2,2-3H3;1-6H. The van der Waals surface area contributed by atoms with E-state index in [2.05, 4.69) is 16.3 Å². The van der Waals surface area contributed by atoms with Crippen LogP contribution in [0.25, 0.3) is 0 Å². The van der Waals surface area contributed by atoms with Crippen LogP contribution in [0, 0.1) is 12.3 Å². The SMILES string of the molecule is C#Cc1ncccc1N1NC(C)(C)CC1=O.c1ccccc1. The number of terminal acetylenes is 1. The first-order valence-corrected chi connectivity index (χ1v) is 7.06. The zero-order chi connectivity index (χ0) is 16.0. The zero-order valence-corrected chi connectivity index (χ0v) is 12.8. The Morgan fingerprint density at radius 3 is 2.23 bits per heavy atom. The lowest BCUT2D eigenvalue weighted by atomic mass is 10.0. The van der Waals surface area contributed by atoms with E-state index >= 15 is 0 Å². The Kier molecular flexibility index (Phi) is 4.92. The predicted molar refractivity (Wildman–Crippen MR) is 87.9 cm³/mol. The fourth-order valence-electron chi connectivity index (χ4n) is 2.13. The van der Waals surface area contributed by atoms with Crippen molar-refractivity contribution in [3.63, 3.8) is 0 Å². The van der Waals surface area contributed by atoms with Gasteiger partial charge in [0.2, 0.25) is 5.91 Å². The number of pyridine rings is 1. The summed E-state index contributed by atoms with van der Waals surface area (Å²) in [5, 5.41) is 1.49. The van der Waals surface area contributed by atoms with Gasteiger partial charge in [-0.2, -0.15) is 0 Å². The summed E-state index contributed by atoms with van der Waals surface area (Å²) in [5.41, 5.74) is 3.99. The predicted octanol–water partition coefficient (Wildman–Crippen LogP) is 2.77. The van der Waals surface area contributed by atoms with Crippen LogP contribution in [0.5, 0.6) is 0 Å². The minimum atomic E-state index is -0.237. The molecule has 2 heterocycles. The Balaban J connectivity index is 0.000000246. The third-order valence-corrected chi connectivity index (χ3v) is 3.09. The topological polar surface area (TPSA) is 45.2 Å². The number of nitrogens with zero attached hydrogens (tertiary/aromatic N) is 2. The summed E-state index contributed by atoms with van der Waals surface area (Å²) in [6, 6.07) is 15.5. The van der Waals surface area contributed by atoms with E-state index in [4.69, 9.17) is 6.42 Å². The molecule has 1 saturated heterocycles. The van der Waals surface area contributed by atoms with Crippen molar-refractivity contribution < 1.29 is 4.79 Å². The molecule has 0 aliphatic carbocycles. The number of benzene rings is 1. The van der Waals surface area contributed by atoms with Crippen LogP contribution in [0.1, 0.15) is 26.0 Å². The lowest BCUT2D eigenvalue weighted by Crippen LogP contribution is -2.42. The molecule has 1 aromatic heterocycles. The van der Waals surface area contributed by atoms with Crippen LogP contribution in [-0.2, 0) is 4.79 Å². The van der Waals surface area contributed by atoms with Crippen molar-refractivity contribution in [3.8, 4) is 12.3 Å². The van der Waals surface area contributed by atoms with Crippen LogP contribution in [-0.4, -0.2) is 16.4 Å². The van der Waals surface area contributed by atoms with E-state index in [9.17, 15) is 4.79 Å². The number of carbonyl (C=O) groups excluding carboxylic acids is 1. The molecule has 1 aromatic carbocycles. The number of carbonyl (C=O) groups is 1. The monoisotopic (exact) mass is 293 g/mol. The van der Waals surface area contributed by atoms with Crippen molar-refractivity contribution in [2.75, 3.05) is 5.01 Å². The highest BCUT2D eigenvalue weighted by atomic mass is 16.2. The van der Waals surface area contributed by atoms with Crippen molar-refractivity contribution in [1.29, 1.82) is 0 Å². The van der Waals surface area contributed by atoms with Crippen molar-refractivity contribution in [2.45, 2.75) is 25.8 Å². The van der Waals surface area contributed by atoms with Crippen molar-refractivity contribution >= 4 is 11.6 Å². The van der Waals surface area contributed by atoms with Crippen LogP contribution < -0.4 is 10.4 Å². The number of rotatable bonds is 1. The molecule has 0 spiro atoms. The molecule has 0 bridgehead atoms. The normalized spacial score (nSPS) is 15.7. The van der Waals surface area contributed by atoms with Gasteiger partial charge in [0.1, 0.15) is 5.69 Å². The van der Waals surface area contributed by atoms with Crippen LogP contribution in [0.4, 0.5) is 5.69 Å². The van der Waals surface area contributed by atoms with Crippen LogP contribution in [0.15, 0.2) is 54.7 Å². The van der Waals surface area contributed by atoms with Gasteiger partial charge in [0.15, 0.2) is 0 Å². The van der Waals surface area contributed by atoms with Crippen LogP contribution >= 0.6 is 0 Å². The molecule has 1 N–H and O–H groups in total. The summed E-state index contributed by atoms with van der Waals surface area (Å²) >= 11 is 0. The van der Waals surface area contributed by atoms with Gasteiger partial charge >= 0.3 is 0 Å².